The van der Waals surface area contributed by atoms with Crippen LogP contribution in [-0.2, 0) is 107 Å². The molecule has 0 aliphatic carbocycles. The van der Waals surface area contributed by atoms with Gasteiger partial charge in [0.25, 0.3) is 0 Å². The van der Waals surface area contributed by atoms with Crippen molar-refractivity contribution in [2.75, 3.05) is 21.3 Å². The largest absolute Gasteiger partial charge is 0.523 e. The van der Waals surface area contributed by atoms with E-state index < -0.39 is 17.9 Å². The minimum Gasteiger partial charge on any atom is -0.523 e. The molecule has 0 aromatic heterocycles. The fraction of sp³-hybridized carbons (Fsp3) is 0.150. The van der Waals surface area contributed by atoms with E-state index in [-0.39, 0.29) is 52.0 Å². The summed E-state index contributed by atoms with van der Waals surface area (Å²) in [4.78, 5) is 33.2. The first-order valence-corrected chi connectivity index (χ1v) is 6.28. The Morgan fingerprint density at radius 2 is 0.889 bits per heavy atom. The molecule has 0 saturated carbocycles. The Bertz CT molecular complexity index is 676. The summed E-state index contributed by atoms with van der Waals surface area (Å²) in [6.45, 7) is 41.4. The van der Waals surface area contributed by atoms with E-state index in [4.69, 9.17) is 43.8 Å². The summed E-state index contributed by atoms with van der Waals surface area (Å²) in [7, 11) is 3.42. The van der Waals surface area contributed by atoms with Crippen molar-refractivity contribution in [2.24, 2.45) is 0 Å². The van der Waals surface area contributed by atoms with Crippen molar-refractivity contribution >= 4 is 17.9 Å². The third-order valence-corrected chi connectivity index (χ3v) is 1.68. The molecule has 0 aromatic rings. The Labute approximate surface area is 234 Å². The zero-order chi connectivity index (χ0) is 30.1. The van der Waals surface area contributed by atoms with Crippen molar-refractivity contribution in [3.8, 4) is 0 Å². The summed E-state index contributed by atoms with van der Waals surface area (Å²) < 4.78 is 73.1. The normalized spacial score (nSPS) is 5.92. The summed E-state index contributed by atoms with van der Waals surface area (Å²) in [5.41, 5.74) is -0.466. The fourth-order valence-corrected chi connectivity index (χ4v) is 0.817. The average Bonchev–Trinajstić information content (AvgIpc) is 2.98. The second kappa shape index (κ2) is 95.1. The van der Waals surface area contributed by atoms with E-state index in [0.29, 0.717) is 0 Å². The molecule has 0 fully saturated rings. The molecule has 0 aliphatic heterocycles. The predicted octanol–water partition coefficient (Wildman–Crippen LogP) is -0.155. The number of ether oxygens (including phenoxy) is 3. The summed E-state index contributed by atoms with van der Waals surface area (Å²) in [5.74, 6) is -2.40. The summed E-state index contributed by atoms with van der Waals surface area (Å²) in [6.07, 6.45) is 4.13. The van der Waals surface area contributed by atoms with Gasteiger partial charge in [0.2, 0.25) is 17.9 Å². The molecule has 0 unspecified atom stereocenters. The molecule has 2 radical (unpaired) electrons. The molecule has 16 heteroatoms. The van der Waals surface area contributed by atoms with Crippen LogP contribution in [0.5, 0.6) is 0 Å². The number of carbonyl (C=O) groups excluding carboxylic acids is 3. The SMILES string of the molecule is [C-]#[O+].[C-]#[O+].[C-]#[O+].[C-]#[O+].[C-]#[O+].[C-]#[O+].[C-]#[O+].[C-]#[O+].[CH-]=C(/C=C(\C=[C-]C(=O)OC)C(=O)OC)C(=O)OC.[Re].[Re]. The molecular formula is C20H12O14Re2-2. The van der Waals surface area contributed by atoms with E-state index in [2.05, 4.69) is 73.5 Å². The van der Waals surface area contributed by atoms with E-state index >= 15 is 0 Å². The molecule has 0 aliphatic rings. The van der Waals surface area contributed by atoms with Crippen molar-refractivity contribution in [3.63, 3.8) is 0 Å². The van der Waals surface area contributed by atoms with Crippen LogP contribution in [0.3, 0.4) is 0 Å². The number of hydrogen-bond acceptors (Lipinski definition) is 6. The van der Waals surface area contributed by atoms with Crippen LogP contribution in [0.15, 0.2) is 23.3 Å². The van der Waals surface area contributed by atoms with Crippen LogP contribution in [0, 0.1) is 65.9 Å². The Morgan fingerprint density at radius 1 is 0.611 bits per heavy atom. The van der Waals surface area contributed by atoms with Crippen LogP contribution in [0.4, 0.5) is 0 Å². The first-order valence-electron chi connectivity index (χ1n) is 6.28. The van der Waals surface area contributed by atoms with Gasteiger partial charge in [-0.05, 0) is 0 Å². The van der Waals surface area contributed by atoms with E-state index in [0.717, 1.165) is 33.5 Å². The topological polar surface area (TPSA) is 238 Å². The van der Waals surface area contributed by atoms with Gasteiger partial charge in [-0.25, -0.2) is 18.7 Å². The van der Waals surface area contributed by atoms with Crippen LogP contribution < -0.4 is 0 Å². The summed E-state index contributed by atoms with van der Waals surface area (Å²) in [5, 5.41) is 0. The quantitative estimate of drug-likeness (QED) is 0.0910. The Balaban J connectivity index is -0.0000000328. The molecule has 0 N–H and O–H groups in total. The maximum Gasteiger partial charge on any atom is 0.242 e. The molecule has 0 aromatic carbocycles. The molecule has 0 spiro atoms. The monoisotopic (exact) mass is 850 g/mol. The van der Waals surface area contributed by atoms with Crippen LogP contribution in [0.1, 0.15) is 0 Å². The van der Waals surface area contributed by atoms with E-state index in [1.165, 1.54) is 0 Å². The average molecular weight is 849 g/mol. The second-order valence-corrected chi connectivity index (χ2v) is 2.82. The summed E-state index contributed by atoms with van der Waals surface area (Å²) >= 11 is 0. The molecule has 192 valence electrons. The Hall–Kier alpha value is -3.13. The van der Waals surface area contributed by atoms with E-state index in [1.807, 2.05) is 0 Å². The zero-order valence-electron chi connectivity index (χ0n) is 18.2. The standard InChI is InChI=1S/C12H12O6.8CO.2Re/c1-8(11(14)17-3)7-9(12(15)18-4)5-6-10(13)16-2;8*1-2;;/h1,5,7H,2-4H3;;;;;;;;;;/q-2;;;;;;;;;;/b9-7+;;;;;;;;;;. The van der Waals surface area contributed by atoms with Crippen molar-refractivity contribution in [1.29, 1.82) is 0 Å². The van der Waals surface area contributed by atoms with Gasteiger partial charge in [0, 0.05) is 40.8 Å². The van der Waals surface area contributed by atoms with Crippen LogP contribution in [-0.4, -0.2) is 39.2 Å². The van der Waals surface area contributed by atoms with Gasteiger partial charge in [-0.1, -0.05) is 0 Å². The minimum absolute atomic E-state index is 0. The van der Waals surface area contributed by atoms with Gasteiger partial charge in [0.1, 0.15) is 0 Å². The van der Waals surface area contributed by atoms with Crippen LogP contribution in [0.25, 0.3) is 0 Å². The van der Waals surface area contributed by atoms with E-state index in [1.54, 1.807) is 0 Å². The third-order valence-electron chi connectivity index (χ3n) is 1.68. The van der Waals surface area contributed by atoms with Gasteiger partial charge in [-0.2, -0.15) is 6.08 Å². The van der Waals surface area contributed by atoms with Gasteiger partial charge >= 0.3 is 90.4 Å². The maximum atomic E-state index is 11.3. The molecule has 0 rings (SSSR count). The number of rotatable bonds is 5. The first-order chi connectivity index (χ1) is 16.5. The molecular weight excluding hydrogens is 837 g/mol. The number of hydrogen-bond donors (Lipinski definition) is 0. The number of esters is 3. The molecule has 0 heterocycles. The van der Waals surface area contributed by atoms with Gasteiger partial charge in [0.05, 0.1) is 21.3 Å². The molecule has 0 saturated heterocycles. The molecule has 0 amide bonds. The predicted molar refractivity (Wildman–Crippen MR) is 91.2 cm³/mol. The maximum absolute atomic E-state index is 11.3. The van der Waals surface area contributed by atoms with Gasteiger partial charge in [-0.3, -0.25) is 9.59 Å². The Morgan fingerprint density at radius 3 is 1.11 bits per heavy atom. The molecule has 0 bridgehead atoms. The van der Waals surface area contributed by atoms with Crippen molar-refractivity contribution in [2.45, 2.75) is 0 Å². The van der Waals surface area contributed by atoms with Gasteiger partial charge in [-0.15, -0.1) is 11.1 Å². The van der Waals surface area contributed by atoms with Crippen molar-refractivity contribution in [3.05, 3.63) is 89.2 Å². The molecule has 14 nitrogen and oxygen atoms in total. The molecule has 0 atom stereocenters. The van der Waals surface area contributed by atoms with E-state index in [9.17, 15) is 14.4 Å². The van der Waals surface area contributed by atoms with Crippen molar-refractivity contribution < 1.29 is 107 Å². The molecule has 36 heavy (non-hydrogen) atoms. The first kappa shape index (κ1) is 69.8. The summed E-state index contributed by atoms with van der Waals surface area (Å²) in [6, 6.07) is 0. The van der Waals surface area contributed by atoms with Crippen molar-refractivity contribution in [1.82, 2.24) is 0 Å². The van der Waals surface area contributed by atoms with Gasteiger partial charge < -0.3 is 19.0 Å². The minimum atomic E-state index is -0.817. The smallest absolute Gasteiger partial charge is 0.242 e. The fourth-order valence-electron chi connectivity index (χ4n) is 0.817. The second-order valence-electron chi connectivity index (χ2n) is 2.82. The van der Waals surface area contributed by atoms with Crippen LogP contribution in [0.2, 0.25) is 0 Å². The number of carbonyl (C=O) groups is 3. The van der Waals surface area contributed by atoms with Crippen LogP contribution >= 0.6 is 0 Å². The third kappa shape index (κ3) is 69.8. The van der Waals surface area contributed by atoms with Gasteiger partial charge in [0.15, 0.2) is 0 Å². The zero-order valence-corrected chi connectivity index (χ0v) is 23.6. The Kier molecular flexibility index (Phi) is 184. The number of methoxy groups -OCH3 is 3.